The van der Waals surface area contributed by atoms with Gasteiger partial charge in [0, 0.05) is 5.39 Å². The van der Waals surface area contributed by atoms with E-state index in [0.29, 0.717) is 6.07 Å². The van der Waals surface area contributed by atoms with E-state index >= 15 is 0 Å². The van der Waals surface area contributed by atoms with Gasteiger partial charge in [0.1, 0.15) is 0 Å². The topological polar surface area (TPSA) is 126 Å². The van der Waals surface area contributed by atoms with Crippen LogP contribution in [0.3, 0.4) is 0 Å². The number of rotatable bonds is 3. The number of nitrogens with zero attached hydrogens (tertiary/aromatic N) is 1. The van der Waals surface area contributed by atoms with Gasteiger partial charge in [-0.1, -0.05) is 0 Å². The van der Waals surface area contributed by atoms with E-state index in [1.165, 1.54) is 0 Å². The van der Waals surface area contributed by atoms with Gasteiger partial charge in [-0.15, -0.1) is 0 Å². The fraction of sp³-hybridized carbons (Fsp3) is 0.182. The molecule has 0 saturated carbocycles. The van der Waals surface area contributed by atoms with Gasteiger partial charge >= 0.3 is 13.9 Å². The number of alkyl halides is 3. The molecule has 0 fully saturated rings. The molecule has 0 aliphatic carbocycles. The minimum atomic E-state index is -5.30. The van der Waals surface area contributed by atoms with Crippen molar-refractivity contribution in [3.05, 3.63) is 40.2 Å². The molecule has 24 heavy (non-hydrogen) atoms. The van der Waals surface area contributed by atoms with Gasteiger partial charge in [-0.25, -0.2) is 22.0 Å². The second-order valence-electron chi connectivity index (χ2n) is 4.53. The summed E-state index contributed by atoms with van der Waals surface area (Å²) in [6.45, 7) is 0. The number of hydrogen-bond acceptors (Lipinski definition) is 4. The highest BCUT2D eigenvalue weighted by atomic mass is 32.2. The molecular weight excluding hydrogens is 376 g/mol. The molecule has 2 aromatic rings. The summed E-state index contributed by atoms with van der Waals surface area (Å²) in [5.74, 6) is 0. The van der Waals surface area contributed by atoms with Crippen molar-refractivity contribution in [2.45, 2.75) is 11.1 Å². The van der Waals surface area contributed by atoms with Crippen LogP contribution in [0, 0.1) is 6.07 Å². The van der Waals surface area contributed by atoms with E-state index in [9.17, 15) is 40.7 Å². The Morgan fingerprint density at radius 1 is 1.29 bits per heavy atom. The number of benzene rings is 1. The van der Waals surface area contributed by atoms with Crippen LogP contribution in [0.25, 0.3) is 10.9 Å². The largest absolute Gasteiger partial charge is 0.437 e. The fourth-order valence-electron chi connectivity index (χ4n) is 2.01. The summed E-state index contributed by atoms with van der Waals surface area (Å²) in [6, 6.07) is 3.53. The molecule has 1 radical (unpaired) electrons. The van der Waals surface area contributed by atoms with Crippen molar-refractivity contribution in [1.29, 1.82) is 0 Å². The molecule has 8 nitrogen and oxygen atoms in total. The van der Waals surface area contributed by atoms with Crippen LogP contribution in [-0.4, -0.2) is 29.6 Å². The first kappa shape index (κ1) is 18.6. The van der Waals surface area contributed by atoms with Crippen LogP contribution in [-0.2, 0) is 20.8 Å². The van der Waals surface area contributed by atoms with Gasteiger partial charge in [0.25, 0.3) is 5.56 Å². The van der Waals surface area contributed by atoms with E-state index < -0.39 is 45.5 Å². The number of aromatic nitrogens is 1. The second kappa shape index (κ2) is 5.67. The highest BCUT2D eigenvalue weighted by molar-refractivity contribution is 7.89. The fourth-order valence-corrected chi connectivity index (χ4v) is 3.72. The minimum Gasteiger partial charge on any atom is -0.308 e. The van der Waals surface area contributed by atoms with E-state index in [1.54, 1.807) is 4.72 Å². The van der Waals surface area contributed by atoms with Gasteiger partial charge in [-0.05, 0) is 25.2 Å². The van der Waals surface area contributed by atoms with Gasteiger partial charge < -0.3 is 9.79 Å². The predicted molar refractivity (Wildman–Crippen MR) is 75.7 cm³/mol. The maximum atomic E-state index is 13.2. The molecular formula is C11H9F3N2O6PS. The predicted octanol–water partition coefficient (Wildman–Crippen LogP) is 0.669. The van der Waals surface area contributed by atoms with Crippen LogP contribution in [0.2, 0.25) is 0 Å². The van der Waals surface area contributed by atoms with E-state index in [2.05, 4.69) is 0 Å². The maximum Gasteiger partial charge on any atom is 0.437 e. The summed E-state index contributed by atoms with van der Waals surface area (Å²) >= 11 is 0. The molecule has 0 bridgehead atoms. The molecule has 1 heterocycles. The van der Waals surface area contributed by atoms with Crippen molar-refractivity contribution in [1.82, 2.24) is 9.06 Å². The smallest absolute Gasteiger partial charge is 0.308 e. The van der Waals surface area contributed by atoms with E-state index in [1.807, 2.05) is 6.07 Å². The average Bonchev–Trinajstić information content (AvgIpc) is 2.43. The molecule has 0 aliphatic rings. The van der Waals surface area contributed by atoms with Crippen LogP contribution in [0.5, 0.6) is 0 Å². The Hall–Kier alpha value is -1.72. The SMILES string of the molecule is CNS(=O)(=O)c1cc2c[c]c(=O)n(P(=O)(O)O)c2cc1C(F)(F)F. The molecule has 0 spiro atoms. The first-order valence-electron chi connectivity index (χ1n) is 5.97. The Kier molecular flexibility index (Phi) is 4.40. The summed E-state index contributed by atoms with van der Waals surface area (Å²) in [6.07, 6.45) is -5.15. The van der Waals surface area contributed by atoms with Gasteiger partial charge in [0.15, 0.2) is 0 Å². The molecule has 0 amide bonds. The molecule has 0 unspecified atom stereocenters. The molecule has 2 rings (SSSR count). The van der Waals surface area contributed by atoms with Crippen LogP contribution in [0.4, 0.5) is 13.2 Å². The number of hydrogen-bond donors (Lipinski definition) is 3. The normalized spacial score (nSPS) is 13.4. The average molecular weight is 385 g/mol. The number of fused-ring (bicyclic) bond motifs is 1. The zero-order valence-electron chi connectivity index (χ0n) is 11.7. The van der Waals surface area contributed by atoms with E-state index in [4.69, 9.17) is 0 Å². The Balaban J connectivity index is 3.09. The number of pyridine rings is 1. The second-order valence-corrected chi connectivity index (χ2v) is 7.81. The summed E-state index contributed by atoms with van der Waals surface area (Å²) in [5.41, 5.74) is -3.79. The highest BCUT2D eigenvalue weighted by Gasteiger charge is 2.38. The van der Waals surface area contributed by atoms with Gasteiger partial charge in [-0.2, -0.15) is 13.2 Å². The number of nitrogens with one attached hydrogen (secondary N) is 1. The lowest BCUT2D eigenvalue weighted by Crippen LogP contribution is -2.24. The van der Waals surface area contributed by atoms with Gasteiger partial charge in [0.2, 0.25) is 10.0 Å². The molecule has 131 valence electrons. The zero-order chi connectivity index (χ0) is 18.5. The third kappa shape index (κ3) is 3.23. The van der Waals surface area contributed by atoms with E-state index in [0.717, 1.165) is 13.1 Å². The molecule has 1 aromatic heterocycles. The Morgan fingerprint density at radius 3 is 2.33 bits per heavy atom. The lowest BCUT2D eigenvalue weighted by atomic mass is 10.1. The minimum absolute atomic E-state index is 0.173. The van der Waals surface area contributed by atoms with Crippen LogP contribution >= 0.6 is 7.75 Å². The van der Waals surface area contributed by atoms with Crippen molar-refractivity contribution in [2.75, 3.05) is 7.05 Å². The lowest BCUT2D eigenvalue weighted by molar-refractivity contribution is -0.139. The van der Waals surface area contributed by atoms with Crippen molar-refractivity contribution < 1.29 is 35.9 Å². The van der Waals surface area contributed by atoms with Gasteiger partial charge in [0.05, 0.1) is 22.0 Å². The number of halogens is 3. The summed E-state index contributed by atoms with van der Waals surface area (Å²) in [4.78, 5) is 28.8. The Morgan fingerprint density at radius 2 is 1.88 bits per heavy atom. The summed E-state index contributed by atoms with van der Waals surface area (Å²) in [5, 5.41) is -0.320. The highest BCUT2D eigenvalue weighted by Crippen LogP contribution is 2.41. The van der Waals surface area contributed by atoms with E-state index in [-0.39, 0.29) is 15.8 Å². The first-order valence-corrected chi connectivity index (χ1v) is 9.02. The molecule has 1 aromatic carbocycles. The third-order valence-electron chi connectivity index (χ3n) is 3.02. The van der Waals surface area contributed by atoms with Crippen molar-refractivity contribution in [3.8, 4) is 0 Å². The lowest BCUT2D eigenvalue weighted by Gasteiger charge is -2.17. The molecule has 3 N–H and O–H groups in total. The van der Waals surface area contributed by atoms with Crippen molar-refractivity contribution in [3.63, 3.8) is 0 Å². The molecule has 0 saturated heterocycles. The summed E-state index contributed by atoms with van der Waals surface area (Å²) in [7, 11) is -8.92. The number of sulfonamides is 1. The van der Waals surface area contributed by atoms with Crippen molar-refractivity contribution >= 4 is 28.7 Å². The van der Waals surface area contributed by atoms with Crippen molar-refractivity contribution in [2.24, 2.45) is 0 Å². The van der Waals surface area contributed by atoms with Crippen LogP contribution < -0.4 is 10.3 Å². The third-order valence-corrected chi connectivity index (χ3v) is 5.40. The Labute approximate surface area is 132 Å². The summed E-state index contributed by atoms with van der Waals surface area (Å²) < 4.78 is 76.2. The zero-order valence-corrected chi connectivity index (χ0v) is 13.4. The van der Waals surface area contributed by atoms with Crippen LogP contribution in [0.15, 0.2) is 27.9 Å². The standard InChI is InChI=1S/C11H9F3N2O6PS/c1-15-24(21,22)9-4-6-2-3-10(17)16(23(18,19)20)8(6)5-7(9)11(12,13)14/h2,4-5,15H,1H3,(H2,18,19,20). The molecule has 0 atom stereocenters. The quantitative estimate of drug-likeness (QED) is 0.667. The molecule has 0 aliphatic heterocycles. The monoisotopic (exact) mass is 385 g/mol. The van der Waals surface area contributed by atoms with Crippen LogP contribution in [0.1, 0.15) is 5.56 Å². The first-order chi connectivity index (χ1) is 10.8. The Bertz CT molecular complexity index is 1020. The van der Waals surface area contributed by atoms with Gasteiger partial charge in [-0.3, -0.25) is 4.79 Å². The molecule has 13 heteroatoms. The maximum absolute atomic E-state index is 13.2.